The summed E-state index contributed by atoms with van der Waals surface area (Å²) in [6.45, 7) is 2.10. The highest BCUT2D eigenvalue weighted by molar-refractivity contribution is 5.82. The first-order valence-electron chi connectivity index (χ1n) is 8.90. The zero-order valence-electron chi connectivity index (χ0n) is 15.0. The molecule has 1 aliphatic rings. The van der Waals surface area contributed by atoms with Crippen LogP contribution < -0.4 is 10.1 Å². The summed E-state index contributed by atoms with van der Waals surface area (Å²) in [4.78, 5) is 18.5. The van der Waals surface area contributed by atoms with Crippen LogP contribution in [0.5, 0.6) is 5.75 Å². The van der Waals surface area contributed by atoms with Crippen molar-refractivity contribution in [3.05, 3.63) is 41.6 Å². The minimum absolute atomic E-state index is 0.0645. The summed E-state index contributed by atoms with van der Waals surface area (Å²) in [6.07, 6.45) is 3.68. The monoisotopic (exact) mass is 372 g/mol. The number of nitrogens with zero attached hydrogens (tertiary/aromatic N) is 4. The number of carbonyl (C=O) groups is 1. The highest BCUT2D eigenvalue weighted by atomic mass is 19.1. The van der Waals surface area contributed by atoms with Gasteiger partial charge in [-0.05, 0) is 25.0 Å². The maximum atomic E-state index is 14.3. The predicted octanol–water partition coefficient (Wildman–Crippen LogP) is 2.32. The normalized spacial score (nSPS) is 14.1. The smallest absolute Gasteiger partial charge is 0.317 e. The Morgan fingerprint density at radius 1 is 1.33 bits per heavy atom. The van der Waals surface area contributed by atoms with E-state index in [-0.39, 0.29) is 18.4 Å². The molecule has 0 aliphatic carbocycles. The molecule has 3 heterocycles. The number of carbonyl (C=O) groups excluding carboxylic acids is 1. The van der Waals surface area contributed by atoms with Gasteiger partial charge in [-0.1, -0.05) is 0 Å². The van der Waals surface area contributed by atoms with E-state index in [1.54, 1.807) is 24.2 Å². The van der Waals surface area contributed by atoms with Gasteiger partial charge in [0, 0.05) is 42.8 Å². The second-order valence-electron chi connectivity index (χ2n) is 6.63. The molecule has 1 aromatic carbocycles. The summed E-state index contributed by atoms with van der Waals surface area (Å²) in [5.41, 5.74) is 2.17. The number of hydrogen-bond donors (Lipinski definition) is 2. The number of benzene rings is 1. The molecule has 0 bridgehead atoms. The van der Waals surface area contributed by atoms with Crippen molar-refractivity contribution in [3.63, 3.8) is 0 Å². The first-order valence-corrected chi connectivity index (χ1v) is 8.90. The summed E-state index contributed by atoms with van der Waals surface area (Å²) < 4.78 is 19.8. The Kier molecular flexibility index (Phi) is 4.66. The van der Waals surface area contributed by atoms with Gasteiger partial charge in [0.25, 0.3) is 0 Å². The third-order valence-electron chi connectivity index (χ3n) is 4.57. The van der Waals surface area contributed by atoms with E-state index in [4.69, 9.17) is 4.74 Å². The number of hydrogen-bond acceptors (Lipinski definition) is 4. The van der Waals surface area contributed by atoms with E-state index in [0.717, 1.165) is 42.5 Å². The van der Waals surface area contributed by atoms with Crippen LogP contribution >= 0.6 is 0 Å². The summed E-state index contributed by atoms with van der Waals surface area (Å²) in [6, 6.07) is 4.80. The van der Waals surface area contributed by atoms with Crippen molar-refractivity contribution in [1.82, 2.24) is 30.2 Å². The molecule has 3 aromatic rings. The summed E-state index contributed by atoms with van der Waals surface area (Å²) in [7, 11) is 1.71. The number of H-pyrrole nitrogens is 1. The number of urea groups is 1. The Morgan fingerprint density at radius 2 is 2.15 bits per heavy atom. The van der Waals surface area contributed by atoms with E-state index in [0.29, 0.717) is 12.2 Å². The summed E-state index contributed by atoms with van der Waals surface area (Å²) >= 11 is 0. The molecular weight excluding hydrogens is 351 g/mol. The van der Waals surface area contributed by atoms with E-state index in [1.807, 2.05) is 6.07 Å². The quantitative estimate of drug-likeness (QED) is 0.719. The number of amides is 2. The standard InChI is InChI=1S/C18H21FN6O2/c1-24-21-10-14(23-24)11-27-17-8-16-12(7-15(17)19)6-13(22-16)9-20-18(26)25-4-2-3-5-25/h6-8,10,22H,2-5,9,11H2,1H3,(H,20,26). The van der Waals surface area contributed by atoms with Gasteiger partial charge in [-0.15, -0.1) is 0 Å². The van der Waals surface area contributed by atoms with Crippen molar-refractivity contribution < 1.29 is 13.9 Å². The van der Waals surface area contributed by atoms with E-state index >= 15 is 0 Å². The number of nitrogens with one attached hydrogen (secondary N) is 2. The second-order valence-corrected chi connectivity index (χ2v) is 6.63. The fourth-order valence-electron chi connectivity index (χ4n) is 3.21. The van der Waals surface area contributed by atoms with Crippen molar-refractivity contribution in [1.29, 1.82) is 0 Å². The van der Waals surface area contributed by atoms with Crippen LogP contribution in [0.25, 0.3) is 10.9 Å². The van der Waals surface area contributed by atoms with Crippen LogP contribution in [-0.4, -0.2) is 44.0 Å². The van der Waals surface area contributed by atoms with Crippen molar-refractivity contribution in [2.24, 2.45) is 7.05 Å². The molecule has 0 unspecified atom stereocenters. The van der Waals surface area contributed by atoms with Crippen molar-refractivity contribution in [2.45, 2.75) is 26.0 Å². The number of ether oxygens (including phenoxy) is 1. The van der Waals surface area contributed by atoms with Gasteiger partial charge in [-0.2, -0.15) is 15.0 Å². The zero-order valence-corrected chi connectivity index (χ0v) is 15.0. The maximum Gasteiger partial charge on any atom is 0.317 e. The third-order valence-corrected chi connectivity index (χ3v) is 4.57. The SMILES string of the molecule is Cn1ncc(COc2cc3[nH]c(CNC(=O)N4CCCC4)cc3cc2F)n1. The molecule has 0 saturated carbocycles. The number of likely N-dealkylation sites (tertiary alicyclic amines) is 1. The molecule has 1 fully saturated rings. The fraction of sp³-hybridized carbons (Fsp3) is 0.389. The highest BCUT2D eigenvalue weighted by Crippen LogP contribution is 2.26. The number of aromatic nitrogens is 4. The van der Waals surface area contributed by atoms with Crippen LogP contribution in [0.1, 0.15) is 24.2 Å². The van der Waals surface area contributed by atoms with Gasteiger partial charge in [0.1, 0.15) is 12.3 Å². The van der Waals surface area contributed by atoms with Gasteiger partial charge in [-0.3, -0.25) is 0 Å². The van der Waals surface area contributed by atoms with Gasteiger partial charge in [0.2, 0.25) is 0 Å². The van der Waals surface area contributed by atoms with Crippen LogP contribution in [0.15, 0.2) is 24.4 Å². The summed E-state index contributed by atoms with van der Waals surface area (Å²) in [5, 5.41) is 11.7. The number of aryl methyl sites for hydroxylation is 1. The van der Waals surface area contributed by atoms with Gasteiger partial charge in [0.15, 0.2) is 11.6 Å². The lowest BCUT2D eigenvalue weighted by molar-refractivity contribution is 0.208. The average Bonchev–Trinajstić information content (AvgIpc) is 3.38. The zero-order chi connectivity index (χ0) is 18.8. The first-order chi connectivity index (χ1) is 13.1. The van der Waals surface area contributed by atoms with E-state index in [9.17, 15) is 9.18 Å². The lowest BCUT2D eigenvalue weighted by Crippen LogP contribution is -2.37. The molecule has 142 valence electrons. The summed E-state index contributed by atoms with van der Waals surface area (Å²) in [5.74, 6) is -0.305. The maximum absolute atomic E-state index is 14.3. The predicted molar refractivity (Wildman–Crippen MR) is 96.6 cm³/mol. The molecule has 4 rings (SSSR count). The van der Waals surface area contributed by atoms with Crippen molar-refractivity contribution >= 4 is 16.9 Å². The average molecular weight is 372 g/mol. The molecule has 0 radical (unpaired) electrons. The Hall–Kier alpha value is -3.10. The fourth-order valence-corrected chi connectivity index (χ4v) is 3.21. The van der Waals surface area contributed by atoms with E-state index < -0.39 is 5.82 Å². The molecule has 0 spiro atoms. The molecule has 0 atom stereocenters. The number of aromatic amines is 1. The van der Waals surface area contributed by atoms with Gasteiger partial charge in [-0.25, -0.2) is 9.18 Å². The van der Waals surface area contributed by atoms with Crippen molar-refractivity contribution in [3.8, 4) is 5.75 Å². The molecule has 27 heavy (non-hydrogen) atoms. The molecular formula is C18H21FN6O2. The molecule has 9 heteroatoms. The second kappa shape index (κ2) is 7.26. The third kappa shape index (κ3) is 3.86. The molecule has 1 aliphatic heterocycles. The Labute approximate surface area is 155 Å². The van der Waals surface area contributed by atoms with Crippen LogP contribution in [0.4, 0.5) is 9.18 Å². The van der Waals surface area contributed by atoms with E-state index in [2.05, 4.69) is 20.5 Å². The van der Waals surface area contributed by atoms with Crippen LogP contribution in [0.3, 0.4) is 0 Å². The van der Waals surface area contributed by atoms with Gasteiger partial charge < -0.3 is 19.9 Å². The molecule has 8 nitrogen and oxygen atoms in total. The van der Waals surface area contributed by atoms with Crippen LogP contribution in [0.2, 0.25) is 0 Å². The Balaban J connectivity index is 1.43. The minimum atomic E-state index is -0.446. The molecule has 2 aromatic heterocycles. The molecule has 2 amide bonds. The van der Waals surface area contributed by atoms with E-state index in [1.165, 1.54) is 10.9 Å². The lowest BCUT2D eigenvalue weighted by Gasteiger charge is -2.15. The minimum Gasteiger partial charge on any atom is -0.484 e. The van der Waals surface area contributed by atoms with Crippen molar-refractivity contribution in [2.75, 3.05) is 13.1 Å². The highest BCUT2D eigenvalue weighted by Gasteiger charge is 2.17. The number of halogens is 1. The van der Waals surface area contributed by atoms with Gasteiger partial charge in [0.05, 0.1) is 12.7 Å². The lowest BCUT2D eigenvalue weighted by atomic mass is 10.2. The topological polar surface area (TPSA) is 88.1 Å². The first kappa shape index (κ1) is 17.3. The van der Waals surface area contributed by atoms with Crippen LogP contribution in [0, 0.1) is 5.82 Å². The van der Waals surface area contributed by atoms with Gasteiger partial charge >= 0.3 is 6.03 Å². The Bertz CT molecular complexity index is 960. The number of rotatable bonds is 5. The number of fused-ring (bicyclic) bond motifs is 1. The Morgan fingerprint density at radius 3 is 2.89 bits per heavy atom. The molecule has 1 saturated heterocycles. The largest absolute Gasteiger partial charge is 0.484 e. The molecule has 2 N–H and O–H groups in total. The van der Waals surface area contributed by atoms with Crippen LogP contribution in [-0.2, 0) is 20.2 Å².